The molecule has 3 rings (SSSR count). The maximum atomic E-state index is 12.6. The number of nitrogens with one attached hydrogen (secondary N) is 1. The third-order valence-electron chi connectivity index (χ3n) is 3.76. The molecule has 2 aromatic heterocycles. The molecule has 0 atom stereocenters. The number of benzene rings is 1. The molecule has 0 saturated heterocycles. The Morgan fingerprint density at radius 3 is 2.72 bits per heavy atom. The van der Waals surface area contributed by atoms with Crippen molar-refractivity contribution in [1.82, 2.24) is 15.1 Å². The predicted octanol–water partition coefficient (Wildman–Crippen LogP) is 3.21. The summed E-state index contributed by atoms with van der Waals surface area (Å²) >= 11 is 0. The summed E-state index contributed by atoms with van der Waals surface area (Å²) in [7, 11) is 1.64. The summed E-state index contributed by atoms with van der Waals surface area (Å²) in [6.45, 7) is 3.01. The summed E-state index contributed by atoms with van der Waals surface area (Å²) in [6.07, 6.45) is 2.48. The van der Waals surface area contributed by atoms with Crippen molar-refractivity contribution in [1.29, 1.82) is 0 Å². The zero-order valence-electron chi connectivity index (χ0n) is 14.4. The summed E-state index contributed by atoms with van der Waals surface area (Å²) in [5.41, 5.74) is 1.89. The van der Waals surface area contributed by atoms with Crippen LogP contribution in [-0.4, -0.2) is 35.9 Å². The average Bonchev–Trinajstić information content (AvgIpc) is 3.25. The molecule has 1 amide bonds. The molecule has 2 heterocycles. The molecule has 3 aromatic rings. The van der Waals surface area contributed by atoms with Crippen molar-refractivity contribution in [2.75, 3.05) is 20.3 Å². The van der Waals surface area contributed by atoms with Crippen LogP contribution in [0.4, 0.5) is 0 Å². The number of methoxy groups -OCH3 is 1. The predicted molar refractivity (Wildman–Crippen MR) is 94.8 cm³/mol. The van der Waals surface area contributed by atoms with Crippen LogP contribution in [-0.2, 0) is 4.74 Å². The Morgan fingerprint density at radius 1 is 1.24 bits per heavy atom. The minimum Gasteiger partial charge on any atom is -0.460 e. The number of nitrogens with zero attached hydrogens (tertiary/aromatic N) is 2. The van der Waals surface area contributed by atoms with E-state index < -0.39 is 0 Å². The van der Waals surface area contributed by atoms with Crippen LogP contribution in [0.1, 0.15) is 22.5 Å². The van der Waals surface area contributed by atoms with Gasteiger partial charge in [0.05, 0.1) is 11.3 Å². The van der Waals surface area contributed by atoms with Crippen LogP contribution in [0.5, 0.6) is 0 Å². The summed E-state index contributed by atoms with van der Waals surface area (Å²) in [5, 5.41) is 7.47. The van der Waals surface area contributed by atoms with Crippen molar-refractivity contribution >= 4 is 5.91 Å². The Hall–Kier alpha value is -2.86. The van der Waals surface area contributed by atoms with Crippen LogP contribution in [0, 0.1) is 6.92 Å². The molecule has 25 heavy (non-hydrogen) atoms. The normalized spacial score (nSPS) is 10.8. The molecule has 0 radical (unpaired) electrons. The van der Waals surface area contributed by atoms with E-state index in [-0.39, 0.29) is 5.91 Å². The first-order valence-corrected chi connectivity index (χ1v) is 8.18. The van der Waals surface area contributed by atoms with E-state index in [1.165, 1.54) is 0 Å². The Balaban J connectivity index is 1.92. The fourth-order valence-electron chi connectivity index (χ4n) is 2.51. The summed E-state index contributed by atoms with van der Waals surface area (Å²) in [4.78, 5) is 12.6. The molecule has 0 spiro atoms. The van der Waals surface area contributed by atoms with E-state index in [2.05, 4.69) is 10.4 Å². The number of aromatic nitrogens is 2. The van der Waals surface area contributed by atoms with Crippen molar-refractivity contribution in [3.8, 4) is 17.1 Å². The molecule has 6 nitrogen and oxygen atoms in total. The second-order valence-electron chi connectivity index (χ2n) is 5.68. The number of furan rings is 1. The van der Waals surface area contributed by atoms with Gasteiger partial charge in [0.15, 0.2) is 5.76 Å². The molecule has 1 aromatic carbocycles. The van der Waals surface area contributed by atoms with Gasteiger partial charge in [0, 0.05) is 26.5 Å². The molecule has 0 aliphatic rings. The second-order valence-corrected chi connectivity index (χ2v) is 5.68. The van der Waals surface area contributed by atoms with Crippen LogP contribution in [0.2, 0.25) is 0 Å². The molecule has 0 saturated carbocycles. The molecule has 6 heteroatoms. The third kappa shape index (κ3) is 3.97. The van der Waals surface area contributed by atoms with Gasteiger partial charge in [-0.2, -0.15) is 5.10 Å². The monoisotopic (exact) mass is 339 g/mol. The largest absolute Gasteiger partial charge is 0.460 e. The number of rotatable bonds is 7. The maximum Gasteiger partial charge on any atom is 0.255 e. The fourth-order valence-corrected chi connectivity index (χ4v) is 2.51. The van der Waals surface area contributed by atoms with E-state index >= 15 is 0 Å². The van der Waals surface area contributed by atoms with Crippen LogP contribution in [0.3, 0.4) is 0 Å². The fraction of sp³-hybridized carbons (Fsp3) is 0.263. The van der Waals surface area contributed by atoms with Crippen molar-refractivity contribution in [3.63, 3.8) is 0 Å². The van der Waals surface area contributed by atoms with E-state index in [1.807, 2.05) is 49.4 Å². The van der Waals surface area contributed by atoms with Crippen molar-refractivity contribution in [3.05, 3.63) is 60.0 Å². The van der Waals surface area contributed by atoms with Gasteiger partial charge in [-0.25, -0.2) is 4.68 Å². The lowest BCUT2D eigenvalue weighted by Crippen LogP contribution is -2.25. The molecule has 0 fully saturated rings. The smallest absolute Gasteiger partial charge is 0.255 e. The number of aryl methyl sites for hydroxylation is 1. The molecule has 0 bridgehead atoms. The van der Waals surface area contributed by atoms with Crippen LogP contribution in [0.25, 0.3) is 17.1 Å². The highest BCUT2D eigenvalue weighted by atomic mass is 16.5. The van der Waals surface area contributed by atoms with Gasteiger partial charge in [0.25, 0.3) is 5.91 Å². The number of ether oxygens (including phenoxy) is 1. The van der Waals surface area contributed by atoms with Gasteiger partial charge in [-0.3, -0.25) is 4.79 Å². The van der Waals surface area contributed by atoms with Crippen LogP contribution in [0.15, 0.2) is 53.1 Å². The summed E-state index contributed by atoms with van der Waals surface area (Å²) in [5.74, 6) is 1.17. The Bertz CT molecular complexity index is 837. The van der Waals surface area contributed by atoms with Crippen LogP contribution >= 0.6 is 0 Å². The van der Waals surface area contributed by atoms with Gasteiger partial charge >= 0.3 is 0 Å². The Morgan fingerprint density at radius 2 is 2.04 bits per heavy atom. The van der Waals surface area contributed by atoms with Gasteiger partial charge < -0.3 is 14.5 Å². The van der Waals surface area contributed by atoms with Crippen molar-refractivity contribution < 1.29 is 13.9 Å². The van der Waals surface area contributed by atoms with Gasteiger partial charge in [0.1, 0.15) is 11.5 Å². The van der Waals surface area contributed by atoms with Gasteiger partial charge in [-0.1, -0.05) is 18.2 Å². The molecule has 1 N–H and O–H groups in total. The lowest BCUT2D eigenvalue weighted by Gasteiger charge is -2.04. The standard InChI is InChI=1S/C19H21N3O3/c1-14-9-10-17(25-14)18-16(19(23)20-11-6-12-24-2)13-22(21-18)15-7-4-3-5-8-15/h3-5,7-10,13H,6,11-12H2,1-2H3,(H,20,23). The first-order valence-electron chi connectivity index (χ1n) is 8.18. The Labute approximate surface area is 146 Å². The summed E-state index contributed by atoms with van der Waals surface area (Å²) in [6, 6.07) is 13.4. The minimum atomic E-state index is -0.178. The molecule has 0 unspecified atom stereocenters. The van der Waals surface area contributed by atoms with Gasteiger partial charge in [-0.15, -0.1) is 0 Å². The Kier molecular flexibility index (Phi) is 5.30. The zero-order chi connectivity index (χ0) is 17.6. The number of hydrogen-bond donors (Lipinski definition) is 1. The van der Waals surface area contributed by atoms with Crippen molar-refractivity contribution in [2.24, 2.45) is 0 Å². The van der Waals surface area contributed by atoms with Crippen molar-refractivity contribution in [2.45, 2.75) is 13.3 Å². The number of carbonyl (C=O) groups is 1. The van der Waals surface area contributed by atoms with E-state index in [0.29, 0.717) is 30.2 Å². The zero-order valence-corrected chi connectivity index (χ0v) is 14.4. The van der Waals surface area contributed by atoms with E-state index in [9.17, 15) is 4.79 Å². The lowest BCUT2D eigenvalue weighted by atomic mass is 10.2. The molecule has 0 aliphatic heterocycles. The van der Waals surface area contributed by atoms with E-state index in [4.69, 9.17) is 9.15 Å². The van der Waals surface area contributed by atoms with Crippen LogP contribution < -0.4 is 5.32 Å². The van der Waals surface area contributed by atoms with Gasteiger partial charge in [0.2, 0.25) is 0 Å². The SMILES string of the molecule is COCCCNC(=O)c1cn(-c2ccccc2)nc1-c1ccc(C)o1. The van der Waals surface area contributed by atoms with Gasteiger partial charge in [-0.05, 0) is 37.6 Å². The van der Waals surface area contributed by atoms with E-state index in [1.54, 1.807) is 18.0 Å². The number of hydrogen-bond acceptors (Lipinski definition) is 4. The molecule has 130 valence electrons. The summed E-state index contributed by atoms with van der Waals surface area (Å²) < 4.78 is 12.4. The number of para-hydroxylation sites is 1. The average molecular weight is 339 g/mol. The van der Waals surface area contributed by atoms with E-state index in [0.717, 1.165) is 17.9 Å². The number of amides is 1. The maximum absolute atomic E-state index is 12.6. The number of carbonyl (C=O) groups excluding carboxylic acids is 1. The highest BCUT2D eigenvalue weighted by Crippen LogP contribution is 2.25. The first kappa shape index (κ1) is 17.0. The topological polar surface area (TPSA) is 69.3 Å². The highest BCUT2D eigenvalue weighted by molar-refractivity contribution is 5.99. The minimum absolute atomic E-state index is 0.178. The lowest BCUT2D eigenvalue weighted by molar-refractivity contribution is 0.0949. The quantitative estimate of drug-likeness (QED) is 0.671. The molecule has 0 aliphatic carbocycles. The second kappa shape index (κ2) is 7.81. The molecular weight excluding hydrogens is 318 g/mol. The highest BCUT2D eigenvalue weighted by Gasteiger charge is 2.20. The first-order chi connectivity index (χ1) is 12.2. The molecular formula is C19H21N3O3. The third-order valence-corrected chi connectivity index (χ3v) is 3.76.